The first kappa shape index (κ1) is 25.0. The lowest BCUT2D eigenvalue weighted by molar-refractivity contribution is -0.171. The number of benzene rings is 2. The standard InChI is InChI=1S/C26H32N4O5/c1-29(26(34)10-9-24(32)28-25(26)33)17-22-21(18-31)3-2-4-23(22)27-15-19-5-7-20(8-6-19)16-30-11-13-35-14-12-30/h2-8,18,27,34H,9-17H2,1H3,(H,28,32,33). The van der Waals surface area contributed by atoms with Crippen LogP contribution in [0.4, 0.5) is 5.69 Å². The summed E-state index contributed by atoms with van der Waals surface area (Å²) in [6.07, 6.45) is 0.814. The fraction of sp³-hybridized carbons (Fsp3) is 0.423. The average Bonchev–Trinajstić information content (AvgIpc) is 2.87. The van der Waals surface area contributed by atoms with Crippen molar-refractivity contribution in [3.8, 4) is 0 Å². The van der Waals surface area contributed by atoms with E-state index in [0.717, 1.165) is 50.4 Å². The van der Waals surface area contributed by atoms with E-state index >= 15 is 0 Å². The molecule has 2 saturated heterocycles. The second-order valence-electron chi connectivity index (χ2n) is 9.10. The van der Waals surface area contributed by atoms with Crippen molar-refractivity contribution in [2.24, 2.45) is 0 Å². The van der Waals surface area contributed by atoms with Crippen molar-refractivity contribution in [3.05, 3.63) is 64.7 Å². The first-order valence-electron chi connectivity index (χ1n) is 11.9. The van der Waals surface area contributed by atoms with E-state index in [2.05, 4.69) is 39.8 Å². The molecule has 0 aliphatic carbocycles. The fourth-order valence-electron chi connectivity index (χ4n) is 4.46. The number of carbonyl (C=O) groups excluding carboxylic acids is 3. The molecule has 1 atom stereocenters. The van der Waals surface area contributed by atoms with Crippen LogP contribution >= 0.6 is 0 Å². The van der Waals surface area contributed by atoms with Gasteiger partial charge in [-0.15, -0.1) is 0 Å². The van der Waals surface area contributed by atoms with Crippen LogP contribution in [0.5, 0.6) is 0 Å². The average molecular weight is 481 g/mol. The molecule has 2 amide bonds. The highest BCUT2D eigenvalue weighted by Crippen LogP contribution is 2.27. The van der Waals surface area contributed by atoms with E-state index in [4.69, 9.17) is 4.74 Å². The Morgan fingerprint density at radius 3 is 2.54 bits per heavy atom. The molecule has 0 spiro atoms. The lowest BCUT2D eigenvalue weighted by Crippen LogP contribution is -2.61. The number of amides is 2. The van der Waals surface area contributed by atoms with Crippen LogP contribution < -0.4 is 10.6 Å². The van der Waals surface area contributed by atoms with Gasteiger partial charge in [-0.25, -0.2) is 0 Å². The zero-order valence-electron chi connectivity index (χ0n) is 20.0. The molecule has 4 rings (SSSR count). The second kappa shape index (κ2) is 11.1. The van der Waals surface area contributed by atoms with Crippen LogP contribution in [0.3, 0.4) is 0 Å². The monoisotopic (exact) mass is 480 g/mol. The Bertz CT molecular complexity index is 1070. The molecule has 1 unspecified atom stereocenters. The number of carbonyl (C=O) groups is 3. The fourth-order valence-corrected chi connectivity index (χ4v) is 4.46. The van der Waals surface area contributed by atoms with Crippen LogP contribution in [0.2, 0.25) is 0 Å². The number of rotatable bonds is 9. The molecule has 9 heteroatoms. The molecule has 9 nitrogen and oxygen atoms in total. The van der Waals surface area contributed by atoms with Gasteiger partial charge in [-0.1, -0.05) is 36.4 Å². The van der Waals surface area contributed by atoms with Gasteiger partial charge in [-0.3, -0.25) is 29.5 Å². The zero-order chi connectivity index (χ0) is 24.8. The van der Waals surface area contributed by atoms with Crippen LogP contribution in [0.1, 0.15) is 39.9 Å². The number of likely N-dealkylation sites (N-methyl/N-ethyl adjacent to an activating group) is 1. The molecule has 2 aliphatic rings. The summed E-state index contributed by atoms with van der Waals surface area (Å²) in [5.41, 5.74) is 2.41. The number of hydrogen-bond donors (Lipinski definition) is 3. The van der Waals surface area contributed by atoms with Crippen molar-refractivity contribution in [3.63, 3.8) is 0 Å². The van der Waals surface area contributed by atoms with Crippen molar-refractivity contribution in [1.29, 1.82) is 0 Å². The van der Waals surface area contributed by atoms with Gasteiger partial charge in [0.15, 0.2) is 5.72 Å². The Morgan fingerprint density at radius 1 is 1.14 bits per heavy atom. The molecule has 2 aromatic carbocycles. The Kier molecular flexibility index (Phi) is 7.92. The number of anilines is 1. The topological polar surface area (TPSA) is 111 Å². The highest BCUT2D eigenvalue weighted by Gasteiger charge is 2.44. The minimum Gasteiger partial charge on any atom is -0.381 e. The minimum atomic E-state index is -1.82. The molecule has 2 heterocycles. The van der Waals surface area contributed by atoms with E-state index in [1.165, 1.54) is 10.5 Å². The summed E-state index contributed by atoms with van der Waals surface area (Å²) < 4.78 is 5.41. The highest BCUT2D eigenvalue weighted by atomic mass is 16.5. The number of piperidine rings is 1. The number of ether oxygens (including phenoxy) is 1. The Hall–Kier alpha value is -3.11. The summed E-state index contributed by atoms with van der Waals surface area (Å²) in [5.74, 6) is -1.15. The Labute approximate surface area is 205 Å². The Morgan fingerprint density at radius 2 is 1.86 bits per heavy atom. The molecule has 2 aliphatic heterocycles. The third kappa shape index (κ3) is 5.94. The smallest absolute Gasteiger partial charge is 0.274 e. The summed E-state index contributed by atoms with van der Waals surface area (Å²) >= 11 is 0. The SMILES string of the molecule is CN(Cc1c(C=O)cccc1NCc1ccc(CN2CCOCC2)cc1)C1(O)CCC(=O)NC1=O. The maximum absolute atomic E-state index is 12.3. The van der Waals surface area contributed by atoms with Crippen molar-refractivity contribution in [2.45, 2.75) is 38.2 Å². The molecule has 35 heavy (non-hydrogen) atoms. The third-order valence-corrected chi connectivity index (χ3v) is 6.70. The Balaban J connectivity index is 1.43. The second-order valence-corrected chi connectivity index (χ2v) is 9.10. The van der Waals surface area contributed by atoms with Gasteiger partial charge >= 0.3 is 0 Å². The minimum absolute atomic E-state index is 0.00299. The lowest BCUT2D eigenvalue weighted by Gasteiger charge is -2.38. The number of aldehydes is 1. The number of imide groups is 1. The molecule has 186 valence electrons. The summed E-state index contributed by atoms with van der Waals surface area (Å²) in [6, 6.07) is 13.8. The van der Waals surface area contributed by atoms with Crippen LogP contribution in [-0.2, 0) is 34.0 Å². The highest BCUT2D eigenvalue weighted by molar-refractivity contribution is 6.01. The summed E-state index contributed by atoms with van der Waals surface area (Å²) in [5, 5.41) is 16.5. The lowest BCUT2D eigenvalue weighted by atomic mass is 9.98. The van der Waals surface area contributed by atoms with Gasteiger partial charge in [0.05, 0.1) is 13.2 Å². The molecule has 0 bridgehead atoms. The molecule has 2 aromatic rings. The van der Waals surface area contributed by atoms with E-state index < -0.39 is 17.5 Å². The maximum atomic E-state index is 12.3. The van der Waals surface area contributed by atoms with E-state index in [1.807, 2.05) is 6.07 Å². The third-order valence-electron chi connectivity index (χ3n) is 6.70. The number of nitrogens with one attached hydrogen (secondary N) is 2. The maximum Gasteiger partial charge on any atom is 0.274 e. The van der Waals surface area contributed by atoms with Gasteiger partial charge in [0, 0.05) is 56.8 Å². The number of nitrogens with zero attached hydrogens (tertiary/aromatic N) is 2. The van der Waals surface area contributed by atoms with Crippen LogP contribution in [0.15, 0.2) is 42.5 Å². The first-order chi connectivity index (χ1) is 16.9. The van der Waals surface area contributed by atoms with Gasteiger partial charge in [0.1, 0.15) is 6.29 Å². The molecular formula is C26H32N4O5. The first-order valence-corrected chi connectivity index (χ1v) is 11.9. The molecule has 3 N–H and O–H groups in total. The molecule has 0 radical (unpaired) electrons. The number of morpholine rings is 1. The van der Waals surface area contributed by atoms with Crippen molar-refractivity contribution in [1.82, 2.24) is 15.1 Å². The summed E-state index contributed by atoms with van der Waals surface area (Å²) in [7, 11) is 1.61. The van der Waals surface area contributed by atoms with Crippen LogP contribution in [0, 0.1) is 0 Å². The summed E-state index contributed by atoms with van der Waals surface area (Å²) in [4.78, 5) is 39.5. The normalized spacial score (nSPS) is 21.1. The molecular weight excluding hydrogens is 448 g/mol. The predicted octanol–water partition coefficient (Wildman–Crippen LogP) is 1.50. The van der Waals surface area contributed by atoms with Gasteiger partial charge in [0.2, 0.25) is 5.91 Å². The number of hydrogen-bond acceptors (Lipinski definition) is 8. The zero-order valence-corrected chi connectivity index (χ0v) is 20.0. The predicted molar refractivity (Wildman–Crippen MR) is 130 cm³/mol. The number of aliphatic hydroxyl groups is 1. The van der Waals surface area contributed by atoms with Crippen molar-refractivity contribution in [2.75, 3.05) is 38.7 Å². The molecule has 0 aromatic heterocycles. The van der Waals surface area contributed by atoms with Gasteiger partial charge in [-0.2, -0.15) is 0 Å². The van der Waals surface area contributed by atoms with Crippen LogP contribution in [-0.4, -0.2) is 72.1 Å². The molecule has 2 fully saturated rings. The van der Waals surface area contributed by atoms with Crippen LogP contribution in [0.25, 0.3) is 0 Å². The van der Waals surface area contributed by atoms with Gasteiger partial charge < -0.3 is 15.2 Å². The molecule has 0 saturated carbocycles. The van der Waals surface area contributed by atoms with Crippen molar-refractivity contribution >= 4 is 23.8 Å². The van der Waals surface area contributed by atoms with E-state index in [-0.39, 0.29) is 19.4 Å². The van der Waals surface area contributed by atoms with E-state index in [0.29, 0.717) is 17.7 Å². The van der Waals surface area contributed by atoms with E-state index in [9.17, 15) is 19.5 Å². The van der Waals surface area contributed by atoms with Crippen molar-refractivity contribution < 1.29 is 24.2 Å². The largest absolute Gasteiger partial charge is 0.381 e. The quantitative estimate of drug-likeness (QED) is 0.281. The summed E-state index contributed by atoms with van der Waals surface area (Å²) in [6.45, 7) is 5.04. The van der Waals surface area contributed by atoms with Gasteiger partial charge in [0.25, 0.3) is 5.91 Å². The van der Waals surface area contributed by atoms with E-state index in [1.54, 1.807) is 19.2 Å². The van der Waals surface area contributed by atoms with Gasteiger partial charge in [-0.05, 0) is 29.8 Å².